The van der Waals surface area contributed by atoms with E-state index in [1.807, 2.05) is 36.1 Å². The third-order valence-electron chi connectivity index (χ3n) is 6.31. The Kier molecular flexibility index (Phi) is 5.45. The van der Waals surface area contributed by atoms with Crippen LogP contribution in [-0.4, -0.2) is 47.0 Å². The van der Waals surface area contributed by atoms with E-state index in [0.29, 0.717) is 25.6 Å². The van der Waals surface area contributed by atoms with Gasteiger partial charge in [0.05, 0.1) is 23.6 Å². The molecule has 1 fully saturated rings. The summed E-state index contributed by atoms with van der Waals surface area (Å²) in [5, 5.41) is 0. The second-order valence-corrected chi connectivity index (χ2v) is 8.34. The van der Waals surface area contributed by atoms with Crippen LogP contribution in [0.25, 0.3) is 11.0 Å². The maximum absolute atomic E-state index is 13.4. The molecule has 6 nitrogen and oxygen atoms in total. The Morgan fingerprint density at radius 2 is 1.77 bits per heavy atom. The SMILES string of the molecule is CCOc1nc2ccccc2nc1N1CCCC(C(=O)N2CCc3ccccc3C2)C1. The molecule has 1 aromatic heterocycles. The summed E-state index contributed by atoms with van der Waals surface area (Å²) < 4.78 is 5.84. The minimum Gasteiger partial charge on any atom is -0.475 e. The zero-order valence-electron chi connectivity index (χ0n) is 18.0. The molecule has 0 bridgehead atoms. The lowest BCUT2D eigenvalue weighted by molar-refractivity contribution is -0.136. The maximum Gasteiger partial charge on any atom is 0.258 e. The van der Waals surface area contributed by atoms with Crippen LogP contribution in [0, 0.1) is 5.92 Å². The van der Waals surface area contributed by atoms with Crippen LogP contribution in [0.4, 0.5) is 5.82 Å². The fraction of sp³-hybridized carbons (Fsp3) is 0.400. The summed E-state index contributed by atoms with van der Waals surface area (Å²) >= 11 is 0. The van der Waals surface area contributed by atoms with Gasteiger partial charge >= 0.3 is 0 Å². The Morgan fingerprint density at radius 1 is 1.03 bits per heavy atom. The van der Waals surface area contributed by atoms with Gasteiger partial charge in [-0.1, -0.05) is 36.4 Å². The van der Waals surface area contributed by atoms with Crippen molar-refractivity contribution in [2.75, 3.05) is 31.1 Å². The molecule has 1 atom stereocenters. The van der Waals surface area contributed by atoms with Crippen LogP contribution in [0.2, 0.25) is 0 Å². The summed E-state index contributed by atoms with van der Waals surface area (Å²) in [4.78, 5) is 27.2. The largest absolute Gasteiger partial charge is 0.475 e. The number of benzene rings is 2. The van der Waals surface area contributed by atoms with Gasteiger partial charge in [0, 0.05) is 26.2 Å². The number of hydrogen-bond donors (Lipinski definition) is 0. The van der Waals surface area contributed by atoms with Gasteiger partial charge in [-0.15, -0.1) is 0 Å². The first-order chi connectivity index (χ1) is 15.2. The molecular weight excluding hydrogens is 388 g/mol. The Hall–Kier alpha value is -3.15. The molecule has 6 heteroatoms. The lowest BCUT2D eigenvalue weighted by atomic mass is 9.94. The number of nitrogens with zero attached hydrogens (tertiary/aromatic N) is 4. The average Bonchev–Trinajstić information content (AvgIpc) is 2.83. The van der Waals surface area contributed by atoms with Gasteiger partial charge in [0.25, 0.3) is 5.88 Å². The number of piperidine rings is 1. The minimum atomic E-state index is -0.0261. The van der Waals surface area contributed by atoms with Gasteiger partial charge in [-0.2, -0.15) is 0 Å². The topological polar surface area (TPSA) is 58.6 Å². The molecule has 3 heterocycles. The van der Waals surface area contributed by atoms with Gasteiger partial charge in [0.2, 0.25) is 5.91 Å². The monoisotopic (exact) mass is 416 g/mol. The van der Waals surface area contributed by atoms with E-state index < -0.39 is 0 Å². The smallest absolute Gasteiger partial charge is 0.258 e. The van der Waals surface area contributed by atoms with Crippen LogP contribution in [0.5, 0.6) is 5.88 Å². The van der Waals surface area contributed by atoms with Gasteiger partial charge in [0.1, 0.15) is 0 Å². The van der Waals surface area contributed by atoms with E-state index in [4.69, 9.17) is 14.7 Å². The Balaban J connectivity index is 1.37. The van der Waals surface area contributed by atoms with Crippen molar-refractivity contribution in [2.45, 2.75) is 32.7 Å². The highest BCUT2D eigenvalue weighted by molar-refractivity contribution is 5.81. The van der Waals surface area contributed by atoms with Crippen molar-refractivity contribution >= 4 is 22.8 Å². The molecule has 160 valence electrons. The fourth-order valence-corrected chi connectivity index (χ4v) is 4.73. The number of para-hydroxylation sites is 2. The highest BCUT2D eigenvalue weighted by Gasteiger charge is 2.32. The molecule has 0 radical (unpaired) electrons. The lowest BCUT2D eigenvalue weighted by Crippen LogP contribution is -2.46. The van der Waals surface area contributed by atoms with Gasteiger partial charge in [0.15, 0.2) is 5.82 Å². The summed E-state index contributed by atoms with van der Waals surface area (Å²) in [7, 11) is 0. The first kappa shape index (κ1) is 19.8. The molecule has 5 rings (SSSR count). The van der Waals surface area contributed by atoms with Gasteiger partial charge in [-0.05, 0) is 49.4 Å². The second kappa shape index (κ2) is 8.53. The maximum atomic E-state index is 13.4. The number of anilines is 1. The van der Waals surface area contributed by atoms with Crippen molar-refractivity contribution in [2.24, 2.45) is 5.92 Å². The zero-order chi connectivity index (χ0) is 21.2. The molecule has 2 aromatic carbocycles. The van der Waals surface area contributed by atoms with E-state index in [1.165, 1.54) is 11.1 Å². The third kappa shape index (κ3) is 3.94. The molecule has 1 unspecified atom stereocenters. The van der Waals surface area contributed by atoms with Crippen LogP contribution in [-0.2, 0) is 17.8 Å². The standard InChI is InChI=1S/C25H28N4O2/c1-2-31-24-23(26-21-11-5-6-12-22(21)27-24)28-14-7-10-20(17-28)25(30)29-15-13-18-8-3-4-9-19(18)16-29/h3-6,8-9,11-12,20H,2,7,10,13-17H2,1H3. The van der Waals surface area contributed by atoms with Crippen molar-refractivity contribution < 1.29 is 9.53 Å². The van der Waals surface area contributed by atoms with E-state index >= 15 is 0 Å². The van der Waals surface area contributed by atoms with Crippen LogP contribution >= 0.6 is 0 Å². The van der Waals surface area contributed by atoms with Gasteiger partial charge in [-0.3, -0.25) is 4.79 Å². The van der Waals surface area contributed by atoms with E-state index in [1.54, 1.807) is 0 Å². The molecule has 1 amide bonds. The zero-order valence-corrected chi connectivity index (χ0v) is 18.0. The van der Waals surface area contributed by atoms with Gasteiger partial charge in [-0.25, -0.2) is 9.97 Å². The fourth-order valence-electron chi connectivity index (χ4n) is 4.73. The molecule has 0 spiro atoms. The molecule has 0 saturated carbocycles. The third-order valence-corrected chi connectivity index (χ3v) is 6.31. The first-order valence-electron chi connectivity index (χ1n) is 11.2. The van der Waals surface area contributed by atoms with E-state index in [0.717, 1.165) is 49.2 Å². The average molecular weight is 417 g/mol. The Labute approximate surface area is 182 Å². The highest BCUT2D eigenvalue weighted by Crippen LogP contribution is 2.32. The number of aromatic nitrogens is 2. The van der Waals surface area contributed by atoms with Crippen LogP contribution in [0.15, 0.2) is 48.5 Å². The quantitative estimate of drug-likeness (QED) is 0.647. The highest BCUT2D eigenvalue weighted by atomic mass is 16.5. The number of hydrogen-bond acceptors (Lipinski definition) is 5. The Morgan fingerprint density at radius 3 is 2.58 bits per heavy atom. The summed E-state index contributed by atoms with van der Waals surface area (Å²) in [6.45, 7) is 5.52. The molecule has 1 saturated heterocycles. The number of ether oxygens (including phenoxy) is 1. The van der Waals surface area contributed by atoms with Crippen molar-refractivity contribution in [3.63, 3.8) is 0 Å². The number of fused-ring (bicyclic) bond motifs is 2. The van der Waals surface area contributed by atoms with E-state index in [2.05, 4.69) is 29.2 Å². The normalized spacial score (nSPS) is 18.7. The van der Waals surface area contributed by atoms with Crippen LogP contribution in [0.1, 0.15) is 30.9 Å². The molecular formula is C25H28N4O2. The van der Waals surface area contributed by atoms with E-state index in [-0.39, 0.29) is 11.8 Å². The number of rotatable bonds is 4. The van der Waals surface area contributed by atoms with Crippen molar-refractivity contribution in [3.05, 3.63) is 59.7 Å². The van der Waals surface area contributed by atoms with Crippen molar-refractivity contribution in [1.82, 2.24) is 14.9 Å². The number of carbonyl (C=O) groups is 1. The molecule has 0 aliphatic carbocycles. The molecule has 2 aliphatic rings. The summed E-state index contributed by atoms with van der Waals surface area (Å²) in [5.74, 6) is 1.54. The first-order valence-corrected chi connectivity index (χ1v) is 11.2. The van der Waals surface area contributed by atoms with Gasteiger partial charge < -0.3 is 14.5 Å². The second-order valence-electron chi connectivity index (χ2n) is 8.34. The number of amides is 1. The predicted molar refractivity (Wildman–Crippen MR) is 121 cm³/mol. The van der Waals surface area contributed by atoms with Crippen LogP contribution in [0.3, 0.4) is 0 Å². The van der Waals surface area contributed by atoms with Crippen molar-refractivity contribution in [1.29, 1.82) is 0 Å². The number of carbonyl (C=O) groups excluding carboxylic acids is 1. The van der Waals surface area contributed by atoms with Crippen LogP contribution < -0.4 is 9.64 Å². The molecule has 3 aromatic rings. The Bertz CT molecular complexity index is 1100. The molecule has 0 N–H and O–H groups in total. The summed E-state index contributed by atoms with van der Waals surface area (Å²) in [6.07, 6.45) is 2.81. The van der Waals surface area contributed by atoms with E-state index in [9.17, 15) is 4.79 Å². The predicted octanol–water partition coefficient (Wildman–Crippen LogP) is 3.83. The summed E-state index contributed by atoms with van der Waals surface area (Å²) in [5.41, 5.74) is 4.31. The molecule has 31 heavy (non-hydrogen) atoms. The molecule has 2 aliphatic heterocycles. The van der Waals surface area contributed by atoms with Crippen molar-refractivity contribution in [3.8, 4) is 5.88 Å². The summed E-state index contributed by atoms with van der Waals surface area (Å²) in [6, 6.07) is 16.3. The lowest BCUT2D eigenvalue weighted by Gasteiger charge is -2.37. The minimum absolute atomic E-state index is 0.0261.